The zero-order chi connectivity index (χ0) is 20.9. The lowest BCUT2D eigenvalue weighted by Crippen LogP contribution is -2.44. The lowest BCUT2D eigenvalue weighted by Gasteiger charge is -2.39. The van der Waals surface area contributed by atoms with Gasteiger partial charge in [-0.1, -0.05) is 85.5 Å². The van der Waals surface area contributed by atoms with Crippen molar-refractivity contribution in [3.05, 3.63) is 0 Å². The molecule has 0 saturated heterocycles. The second-order valence-electron chi connectivity index (χ2n) is 9.60. The van der Waals surface area contributed by atoms with E-state index < -0.39 is 20.4 Å². The van der Waals surface area contributed by atoms with E-state index in [4.69, 9.17) is 9.53 Å². The summed E-state index contributed by atoms with van der Waals surface area (Å²) in [5.74, 6) is -0.948. The van der Waals surface area contributed by atoms with Crippen molar-refractivity contribution in [2.45, 2.75) is 135 Å². The van der Waals surface area contributed by atoms with E-state index in [1.807, 2.05) is 0 Å². The van der Waals surface area contributed by atoms with E-state index in [1.165, 1.54) is 51.4 Å². The monoisotopic (exact) mass is 402 g/mol. The van der Waals surface area contributed by atoms with E-state index in [2.05, 4.69) is 40.8 Å². The van der Waals surface area contributed by atoms with Crippen LogP contribution in [0.3, 0.4) is 0 Å². The first kappa shape index (κ1) is 26.6. The Balaban J connectivity index is 4.36. The quantitative estimate of drug-likeness (QED) is 0.228. The molecular weight excluding hydrogens is 356 g/mol. The molecule has 162 valence electrons. The van der Waals surface area contributed by atoms with Crippen LogP contribution in [-0.2, 0) is 9.22 Å². The number of aliphatic hydroxyl groups excluding tert-OH is 1. The standard InChI is InChI=1S/C22H46O4Si/c1-7-8-9-10-11-12-13-14-15-16-20(17-19(23)18-21(24)25)26-27(5,6)22(2,3)4/h19-20,23H,7-18H2,1-6H3,(H,24,25)/t19-,20-/m0/s1. The second-order valence-corrected chi connectivity index (χ2v) is 14.4. The summed E-state index contributed by atoms with van der Waals surface area (Å²) in [6, 6.07) is 0. The molecule has 0 fully saturated rings. The zero-order valence-corrected chi connectivity index (χ0v) is 19.9. The van der Waals surface area contributed by atoms with Crippen molar-refractivity contribution in [3.8, 4) is 0 Å². The molecule has 0 aliphatic carbocycles. The molecule has 0 bridgehead atoms. The number of rotatable bonds is 16. The molecular formula is C22H46O4Si. The van der Waals surface area contributed by atoms with Crippen LogP contribution in [0.2, 0.25) is 18.1 Å². The summed E-state index contributed by atoms with van der Waals surface area (Å²) in [7, 11) is -1.93. The number of carbonyl (C=O) groups is 1. The fourth-order valence-electron chi connectivity index (χ4n) is 3.09. The summed E-state index contributed by atoms with van der Waals surface area (Å²) in [5.41, 5.74) is 0. The molecule has 2 atom stereocenters. The van der Waals surface area contributed by atoms with Gasteiger partial charge >= 0.3 is 5.97 Å². The Morgan fingerprint density at radius 1 is 0.963 bits per heavy atom. The number of aliphatic hydroxyl groups is 1. The average molecular weight is 403 g/mol. The van der Waals surface area contributed by atoms with E-state index in [0.717, 1.165) is 12.8 Å². The summed E-state index contributed by atoms with van der Waals surface area (Å²) in [6.07, 6.45) is 11.8. The third-order valence-electron chi connectivity index (χ3n) is 5.84. The van der Waals surface area contributed by atoms with Gasteiger partial charge in [-0.15, -0.1) is 0 Å². The van der Waals surface area contributed by atoms with Crippen molar-refractivity contribution in [2.75, 3.05) is 0 Å². The second kappa shape index (κ2) is 13.7. The SMILES string of the molecule is CCCCCCCCCCC[C@@H](C[C@H](O)CC(=O)O)O[Si](C)(C)C(C)(C)C. The van der Waals surface area contributed by atoms with Crippen molar-refractivity contribution in [2.24, 2.45) is 0 Å². The van der Waals surface area contributed by atoms with Crippen LogP contribution in [0.5, 0.6) is 0 Å². The van der Waals surface area contributed by atoms with Gasteiger partial charge in [0.2, 0.25) is 0 Å². The molecule has 4 nitrogen and oxygen atoms in total. The first-order chi connectivity index (χ1) is 12.5. The Kier molecular flexibility index (Phi) is 13.5. The van der Waals surface area contributed by atoms with Gasteiger partial charge in [-0.2, -0.15) is 0 Å². The predicted molar refractivity (Wildman–Crippen MR) is 117 cm³/mol. The van der Waals surface area contributed by atoms with E-state index in [1.54, 1.807) is 0 Å². The van der Waals surface area contributed by atoms with E-state index in [-0.39, 0.29) is 17.6 Å². The largest absolute Gasteiger partial charge is 0.481 e. The number of hydrogen-bond donors (Lipinski definition) is 2. The minimum atomic E-state index is -1.93. The molecule has 0 aliphatic heterocycles. The zero-order valence-electron chi connectivity index (χ0n) is 18.9. The minimum absolute atomic E-state index is 0.0372. The summed E-state index contributed by atoms with van der Waals surface area (Å²) < 4.78 is 6.51. The molecule has 27 heavy (non-hydrogen) atoms. The molecule has 0 unspecified atom stereocenters. The normalized spacial score (nSPS) is 14.9. The maximum atomic E-state index is 10.9. The van der Waals surface area contributed by atoms with Gasteiger partial charge in [0.25, 0.3) is 0 Å². The van der Waals surface area contributed by atoms with Gasteiger partial charge in [-0.3, -0.25) is 4.79 Å². The van der Waals surface area contributed by atoms with Crippen LogP contribution in [0.15, 0.2) is 0 Å². The van der Waals surface area contributed by atoms with Crippen LogP contribution in [0.1, 0.15) is 105 Å². The van der Waals surface area contributed by atoms with Crippen LogP contribution in [0, 0.1) is 0 Å². The highest BCUT2D eigenvalue weighted by Crippen LogP contribution is 2.38. The lowest BCUT2D eigenvalue weighted by molar-refractivity contribution is -0.139. The van der Waals surface area contributed by atoms with Gasteiger partial charge in [-0.05, 0) is 31.0 Å². The van der Waals surface area contributed by atoms with Crippen molar-refractivity contribution in [1.82, 2.24) is 0 Å². The van der Waals surface area contributed by atoms with Crippen LogP contribution < -0.4 is 0 Å². The topological polar surface area (TPSA) is 66.8 Å². The molecule has 2 N–H and O–H groups in total. The first-order valence-corrected chi connectivity index (χ1v) is 14.0. The highest BCUT2D eigenvalue weighted by molar-refractivity contribution is 6.74. The van der Waals surface area contributed by atoms with Crippen molar-refractivity contribution >= 4 is 14.3 Å². The Hall–Kier alpha value is -0.393. The molecule has 0 radical (unpaired) electrons. The Labute approximate surface area is 169 Å². The summed E-state index contributed by atoms with van der Waals surface area (Å²) in [4.78, 5) is 10.9. The van der Waals surface area contributed by atoms with Gasteiger partial charge in [0, 0.05) is 6.10 Å². The Morgan fingerprint density at radius 3 is 1.89 bits per heavy atom. The molecule has 0 rings (SSSR count). The van der Waals surface area contributed by atoms with Crippen molar-refractivity contribution < 1.29 is 19.4 Å². The molecule has 0 aromatic heterocycles. The van der Waals surface area contributed by atoms with E-state index in [0.29, 0.717) is 6.42 Å². The summed E-state index contributed by atoms with van der Waals surface area (Å²) in [6.45, 7) is 13.3. The molecule has 0 amide bonds. The molecule has 0 aromatic rings. The van der Waals surface area contributed by atoms with E-state index in [9.17, 15) is 9.90 Å². The fourth-order valence-corrected chi connectivity index (χ4v) is 4.49. The summed E-state index contributed by atoms with van der Waals surface area (Å²) in [5, 5.41) is 19.1. The average Bonchev–Trinajstić information content (AvgIpc) is 2.50. The number of hydrogen-bond acceptors (Lipinski definition) is 3. The number of carboxylic acids is 1. The maximum absolute atomic E-state index is 10.9. The van der Waals surface area contributed by atoms with Crippen LogP contribution in [0.25, 0.3) is 0 Å². The Morgan fingerprint density at radius 2 is 1.44 bits per heavy atom. The number of unbranched alkanes of at least 4 members (excludes halogenated alkanes) is 8. The predicted octanol–water partition coefficient (Wildman–Crippen LogP) is 6.52. The van der Waals surface area contributed by atoms with Gasteiger partial charge in [0.15, 0.2) is 8.32 Å². The molecule has 0 aromatic carbocycles. The highest BCUT2D eigenvalue weighted by Gasteiger charge is 2.39. The van der Waals surface area contributed by atoms with Gasteiger partial charge in [0.05, 0.1) is 12.5 Å². The first-order valence-electron chi connectivity index (χ1n) is 11.1. The fraction of sp³-hybridized carbons (Fsp3) is 0.955. The minimum Gasteiger partial charge on any atom is -0.481 e. The van der Waals surface area contributed by atoms with Crippen LogP contribution in [-0.4, -0.2) is 36.7 Å². The number of carboxylic acid groups (broad SMARTS) is 1. The van der Waals surface area contributed by atoms with Gasteiger partial charge < -0.3 is 14.6 Å². The van der Waals surface area contributed by atoms with Crippen LogP contribution in [0.4, 0.5) is 0 Å². The number of aliphatic carboxylic acids is 1. The third-order valence-corrected chi connectivity index (χ3v) is 10.4. The third kappa shape index (κ3) is 13.4. The lowest BCUT2D eigenvalue weighted by atomic mass is 10.0. The molecule has 0 heterocycles. The maximum Gasteiger partial charge on any atom is 0.305 e. The smallest absolute Gasteiger partial charge is 0.305 e. The summed E-state index contributed by atoms with van der Waals surface area (Å²) >= 11 is 0. The molecule has 0 aliphatic rings. The van der Waals surface area contributed by atoms with E-state index >= 15 is 0 Å². The highest BCUT2D eigenvalue weighted by atomic mass is 28.4. The molecule has 0 spiro atoms. The molecule has 5 heteroatoms. The van der Waals surface area contributed by atoms with Gasteiger partial charge in [-0.25, -0.2) is 0 Å². The van der Waals surface area contributed by atoms with Gasteiger partial charge in [0.1, 0.15) is 0 Å². The van der Waals surface area contributed by atoms with Crippen molar-refractivity contribution in [3.63, 3.8) is 0 Å². The van der Waals surface area contributed by atoms with Crippen LogP contribution >= 0.6 is 0 Å². The molecule has 0 saturated carbocycles. The van der Waals surface area contributed by atoms with Crippen molar-refractivity contribution in [1.29, 1.82) is 0 Å². The Bertz CT molecular complexity index is 390.